The molecule has 1 aliphatic rings. The van der Waals surface area contributed by atoms with E-state index in [1.54, 1.807) is 4.90 Å². The van der Waals surface area contributed by atoms with Gasteiger partial charge in [0.15, 0.2) is 11.5 Å². The SMILES string of the molecule is CCCCN1C(=O)C(O)=C(C(=O)C(C)(C)C)C1c1ccc(C(C)(C)C)cc1. The van der Waals surface area contributed by atoms with E-state index in [-0.39, 0.29) is 16.8 Å². The topological polar surface area (TPSA) is 57.6 Å². The van der Waals surface area contributed by atoms with Crippen molar-refractivity contribution in [2.75, 3.05) is 6.54 Å². The van der Waals surface area contributed by atoms with Gasteiger partial charge in [0.2, 0.25) is 0 Å². The van der Waals surface area contributed by atoms with Crippen LogP contribution in [0.15, 0.2) is 35.6 Å². The number of amides is 1. The van der Waals surface area contributed by atoms with Crippen molar-refractivity contribution in [1.29, 1.82) is 0 Å². The summed E-state index contributed by atoms with van der Waals surface area (Å²) in [6.45, 7) is 14.5. The van der Waals surface area contributed by atoms with Gasteiger partial charge in [0.1, 0.15) is 0 Å². The first-order valence-corrected chi connectivity index (χ1v) is 9.79. The summed E-state index contributed by atoms with van der Waals surface area (Å²) in [4.78, 5) is 27.4. The smallest absolute Gasteiger partial charge is 0.290 e. The molecule has 1 atom stereocenters. The Morgan fingerprint density at radius 1 is 1.07 bits per heavy atom. The Kier molecular flexibility index (Phi) is 5.88. The third-order valence-electron chi connectivity index (χ3n) is 5.07. The minimum atomic E-state index is -0.673. The van der Waals surface area contributed by atoms with E-state index < -0.39 is 23.1 Å². The Morgan fingerprint density at radius 2 is 1.63 bits per heavy atom. The molecule has 27 heavy (non-hydrogen) atoms. The van der Waals surface area contributed by atoms with Crippen LogP contribution in [0.1, 0.15) is 78.5 Å². The minimum absolute atomic E-state index is 0.0218. The van der Waals surface area contributed by atoms with E-state index in [0.717, 1.165) is 18.4 Å². The number of nitrogens with zero attached hydrogens (tertiary/aromatic N) is 1. The number of unbranched alkanes of at least 4 members (excludes halogenated alkanes) is 1. The number of ketones is 1. The summed E-state index contributed by atoms with van der Waals surface area (Å²) >= 11 is 0. The molecule has 148 valence electrons. The summed E-state index contributed by atoms with van der Waals surface area (Å²) < 4.78 is 0. The molecule has 1 N–H and O–H groups in total. The van der Waals surface area contributed by atoms with Gasteiger partial charge in [-0.05, 0) is 23.0 Å². The van der Waals surface area contributed by atoms with Crippen molar-refractivity contribution in [2.24, 2.45) is 5.41 Å². The van der Waals surface area contributed by atoms with E-state index in [2.05, 4.69) is 27.7 Å². The predicted molar refractivity (Wildman–Crippen MR) is 109 cm³/mol. The van der Waals surface area contributed by atoms with Gasteiger partial charge in [-0.15, -0.1) is 0 Å². The first-order chi connectivity index (χ1) is 12.4. The van der Waals surface area contributed by atoms with Crippen LogP contribution >= 0.6 is 0 Å². The van der Waals surface area contributed by atoms with Gasteiger partial charge < -0.3 is 10.0 Å². The molecular weight excluding hydrogens is 338 g/mol. The molecule has 1 heterocycles. The van der Waals surface area contributed by atoms with Crippen molar-refractivity contribution in [2.45, 2.75) is 72.8 Å². The summed E-state index contributed by atoms with van der Waals surface area (Å²) in [6.07, 6.45) is 1.76. The van der Waals surface area contributed by atoms with Crippen LogP contribution in [0.2, 0.25) is 0 Å². The Balaban J connectivity index is 2.54. The summed E-state index contributed by atoms with van der Waals surface area (Å²) in [6, 6.07) is 7.53. The average molecular weight is 372 g/mol. The van der Waals surface area contributed by atoms with Crippen LogP contribution in [0.3, 0.4) is 0 Å². The highest BCUT2D eigenvalue weighted by Crippen LogP contribution is 2.41. The number of carbonyl (C=O) groups is 2. The zero-order chi connectivity index (χ0) is 20.6. The quantitative estimate of drug-likeness (QED) is 0.784. The van der Waals surface area contributed by atoms with Crippen molar-refractivity contribution < 1.29 is 14.7 Å². The zero-order valence-electron chi connectivity index (χ0n) is 17.7. The lowest BCUT2D eigenvalue weighted by Gasteiger charge is -2.29. The normalized spacial score (nSPS) is 18.4. The maximum atomic E-state index is 13.1. The zero-order valence-corrected chi connectivity index (χ0v) is 17.7. The van der Waals surface area contributed by atoms with E-state index in [4.69, 9.17) is 0 Å². The van der Waals surface area contributed by atoms with Crippen LogP contribution < -0.4 is 0 Å². The summed E-state index contributed by atoms with van der Waals surface area (Å²) in [7, 11) is 0. The van der Waals surface area contributed by atoms with Crippen LogP contribution in [0.4, 0.5) is 0 Å². The van der Waals surface area contributed by atoms with Gasteiger partial charge in [0.05, 0.1) is 11.6 Å². The van der Waals surface area contributed by atoms with E-state index in [1.165, 1.54) is 5.56 Å². The number of hydrogen-bond donors (Lipinski definition) is 1. The van der Waals surface area contributed by atoms with Crippen molar-refractivity contribution in [3.05, 3.63) is 46.7 Å². The largest absolute Gasteiger partial charge is 0.503 e. The van der Waals surface area contributed by atoms with Gasteiger partial charge in [0, 0.05) is 12.0 Å². The second-order valence-corrected chi connectivity index (χ2v) is 9.47. The Morgan fingerprint density at radius 3 is 2.07 bits per heavy atom. The monoisotopic (exact) mass is 371 g/mol. The van der Waals surface area contributed by atoms with Crippen molar-refractivity contribution in [3.63, 3.8) is 0 Å². The van der Waals surface area contributed by atoms with Gasteiger partial charge in [-0.1, -0.05) is 79.2 Å². The number of benzene rings is 1. The molecule has 1 unspecified atom stereocenters. The Labute approximate surface area is 163 Å². The first kappa shape index (κ1) is 21.2. The van der Waals surface area contributed by atoms with E-state index in [9.17, 15) is 14.7 Å². The van der Waals surface area contributed by atoms with Gasteiger partial charge in [-0.2, -0.15) is 0 Å². The number of carbonyl (C=O) groups excluding carboxylic acids is 2. The molecule has 1 amide bonds. The molecule has 0 bridgehead atoms. The summed E-state index contributed by atoms with van der Waals surface area (Å²) in [5, 5.41) is 10.5. The molecular formula is C23H33NO3. The highest BCUT2D eigenvalue weighted by molar-refractivity contribution is 6.10. The summed E-state index contributed by atoms with van der Waals surface area (Å²) in [5.74, 6) is -1.02. The first-order valence-electron chi connectivity index (χ1n) is 9.79. The highest BCUT2D eigenvalue weighted by Gasteiger charge is 2.45. The fraction of sp³-hybridized carbons (Fsp3) is 0.565. The van der Waals surface area contributed by atoms with Crippen LogP contribution in [0, 0.1) is 5.41 Å². The van der Waals surface area contributed by atoms with Crippen molar-refractivity contribution >= 4 is 11.7 Å². The third kappa shape index (κ3) is 4.26. The van der Waals surface area contributed by atoms with Crippen LogP contribution in [-0.2, 0) is 15.0 Å². The molecule has 0 aromatic heterocycles. The Bertz CT molecular complexity index is 745. The van der Waals surface area contributed by atoms with E-state index in [1.807, 2.05) is 45.0 Å². The molecule has 0 saturated heterocycles. The second kappa shape index (κ2) is 7.49. The average Bonchev–Trinajstić information content (AvgIpc) is 2.82. The number of rotatable bonds is 5. The maximum Gasteiger partial charge on any atom is 0.290 e. The number of hydrogen-bond acceptors (Lipinski definition) is 3. The fourth-order valence-electron chi connectivity index (χ4n) is 3.36. The molecule has 4 heteroatoms. The maximum absolute atomic E-state index is 13.1. The summed E-state index contributed by atoms with van der Waals surface area (Å²) in [5.41, 5.74) is 1.63. The molecule has 2 rings (SSSR count). The lowest BCUT2D eigenvalue weighted by atomic mass is 9.81. The van der Waals surface area contributed by atoms with Gasteiger partial charge >= 0.3 is 0 Å². The molecule has 0 spiro atoms. The third-order valence-corrected chi connectivity index (χ3v) is 5.07. The molecule has 1 aromatic rings. The Hall–Kier alpha value is -2.10. The van der Waals surface area contributed by atoms with Crippen molar-refractivity contribution in [1.82, 2.24) is 4.90 Å². The standard InChI is InChI=1S/C23H33NO3/c1-8-9-14-24-18(15-10-12-16(13-11-15)22(2,3)4)17(19(25)21(24)27)20(26)23(5,6)7/h10-13,18,25H,8-9,14H2,1-7H3. The van der Waals surface area contributed by atoms with E-state index >= 15 is 0 Å². The van der Waals surface area contributed by atoms with Crippen LogP contribution in [0.25, 0.3) is 0 Å². The fourth-order valence-corrected chi connectivity index (χ4v) is 3.36. The molecule has 1 aliphatic heterocycles. The molecule has 0 saturated carbocycles. The van der Waals surface area contributed by atoms with Crippen LogP contribution in [0.5, 0.6) is 0 Å². The van der Waals surface area contributed by atoms with Crippen LogP contribution in [-0.4, -0.2) is 28.2 Å². The molecule has 4 nitrogen and oxygen atoms in total. The lowest BCUT2D eigenvalue weighted by molar-refractivity contribution is -0.129. The van der Waals surface area contributed by atoms with Gasteiger partial charge in [0.25, 0.3) is 5.91 Å². The molecule has 0 radical (unpaired) electrons. The van der Waals surface area contributed by atoms with Gasteiger partial charge in [-0.25, -0.2) is 0 Å². The molecule has 0 aliphatic carbocycles. The predicted octanol–water partition coefficient (Wildman–Crippen LogP) is 5.09. The highest BCUT2D eigenvalue weighted by atomic mass is 16.3. The van der Waals surface area contributed by atoms with E-state index in [0.29, 0.717) is 6.54 Å². The lowest BCUT2D eigenvalue weighted by Crippen LogP contribution is -2.33. The number of Topliss-reactive ketones (excluding diaryl/α,β-unsaturated/α-hetero) is 1. The second-order valence-electron chi connectivity index (χ2n) is 9.47. The number of aliphatic hydroxyl groups excluding tert-OH is 1. The minimum Gasteiger partial charge on any atom is -0.503 e. The molecule has 1 aromatic carbocycles. The van der Waals surface area contributed by atoms with Crippen molar-refractivity contribution in [3.8, 4) is 0 Å². The number of aliphatic hydroxyl groups is 1. The molecule has 0 fully saturated rings. The van der Waals surface area contributed by atoms with Gasteiger partial charge in [-0.3, -0.25) is 9.59 Å².